The van der Waals surface area contributed by atoms with Crippen LogP contribution < -0.4 is 5.73 Å². The summed E-state index contributed by atoms with van der Waals surface area (Å²) in [6, 6.07) is 0. The first-order valence-corrected chi connectivity index (χ1v) is 5.50. The first-order valence-electron chi connectivity index (χ1n) is 5.50. The number of nitrogens with two attached hydrogens (primary N) is 1. The molecule has 2 rings (SSSR count). The van der Waals surface area contributed by atoms with E-state index in [2.05, 4.69) is 18.2 Å². The predicted molar refractivity (Wildman–Crippen MR) is 58.5 cm³/mol. The monoisotopic (exact) mass is 209 g/mol. The van der Waals surface area contributed by atoms with Crippen molar-refractivity contribution >= 4 is 0 Å². The quantitative estimate of drug-likeness (QED) is 0.754. The summed E-state index contributed by atoms with van der Waals surface area (Å²) >= 11 is 0. The van der Waals surface area contributed by atoms with Gasteiger partial charge >= 0.3 is 0 Å². The van der Waals surface area contributed by atoms with E-state index in [1.807, 2.05) is 11.7 Å². The molecule has 0 bridgehead atoms. The van der Waals surface area contributed by atoms with Crippen LogP contribution >= 0.6 is 0 Å². The minimum atomic E-state index is -0.0625. The highest BCUT2D eigenvalue weighted by Crippen LogP contribution is 2.58. The molecule has 1 aliphatic carbocycles. The number of hydrogen-bond donors (Lipinski definition) is 2. The van der Waals surface area contributed by atoms with Crippen LogP contribution in [0.1, 0.15) is 30.5 Å². The normalized spacial score (nSPS) is 29.5. The van der Waals surface area contributed by atoms with Gasteiger partial charge in [0.2, 0.25) is 0 Å². The minimum absolute atomic E-state index is 0.0625. The van der Waals surface area contributed by atoms with Gasteiger partial charge in [-0.1, -0.05) is 6.92 Å². The number of aliphatic hydroxyl groups is 1. The van der Waals surface area contributed by atoms with E-state index in [9.17, 15) is 5.11 Å². The Bertz CT molecular complexity index is 355. The number of nitrogens with zero attached hydrogens (tertiary/aromatic N) is 2. The maximum absolute atomic E-state index is 9.35. The van der Waals surface area contributed by atoms with Crippen LogP contribution in [0.4, 0.5) is 0 Å². The summed E-state index contributed by atoms with van der Waals surface area (Å²) in [5, 5.41) is 13.8. The highest BCUT2D eigenvalue weighted by atomic mass is 16.3. The highest BCUT2D eigenvalue weighted by molar-refractivity contribution is 5.32. The Hall–Kier alpha value is -0.870. The average molecular weight is 209 g/mol. The number of aryl methyl sites for hydroxylation is 2. The van der Waals surface area contributed by atoms with Gasteiger partial charge < -0.3 is 10.8 Å². The van der Waals surface area contributed by atoms with Gasteiger partial charge in [0.1, 0.15) is 0 Å². The largest absolute Gasteiger partial charge is 0.396 e. The standard InChI is InChI=1S/C11H19N3O/c1-3-10-8(5-14(2)13-10)9-4-11(9,6-12)7-15/h5,9,15H,3-4,6-7,12H2,1-2H3. The summed E-state index contributed by atoms with van der Waals surface area (Å²) in [5.74, 6) is 0.413. The Labute approximate surface area is 90.1 Å². The SMILES string of the molecule is CCc1nn(C)cc1C1CC1(CN)CO. The fraction of sp³-hybridized carbons (Fsp3) is 0.727. The lowest BCUT2D eigenvalue weighted by atomic mass is 10.00. The van der Waals surface area contributed by atoms with Crippen LogP contribution in [-0.4, -0.2) is 28.0 Å². The van der Waals surface area contributed by atoms with Gasteiger partial charge in [0.15, 0.2) is 0 Å². The number of hydrogen-bond acceptors (Lipinski definition) is 3. The lowest BCUT2D eigenvalue weighted by Gasteiger charge is -2.10. The van der Waals surface area contributed by atoms with Gasteiger partial charge in [-0.25, -0.2) is 0 Å². The summed E-state index contributed by atoms with van der Waals surface area (Å²) in [6.07, 6.45) is 4.01. The molecule has 0 aromatic carbocycles. The van der Waals surface area contributed by atoms with E-state index in [-0.39, 0.29) is 12.0 Å². The molecule has 1 saturated carbocycles. The second-order valence-corrected chi connectivity index (χ2v) is 4.54. The second kappa shape index (κ2) is 3.61. The third-order valence-corrected chi connectivity index (χ3v) is 3.56. The van der Waals surface area contributed by atoms with Crippen LogP contribution in [0, 0.1) is 5.41 Å². The van der Waals surface area contributed by atoms with Crippen LogP contribution in [0.5, 0.6) is 0 Å². The number of aliphatic hydroxyl groups excluding tert-OH is 1. The summed E-state index contributed by atoms with van der Waals surface area (Å²) in [7, 11) is 1.94. The summed E-state index contributed by atoms with van der Waals surface area (Å²) < 4.78 is 1.85. The Kier molecular flexibility index (Phi) is 2.56. The molecule has 4 heteroatoms. The van der Waals surface area contributed by atoms with Crippen LogP contribution in [0.3, 0.4) is 0 Å². The first-order chi connectivity index (χ1) is 7.16. The molecule has 84 valence electrons. The van der Waals surface area contributed by atoms with E-state index in [1.165, 1.54) is 5.56 Å². The van der Waals surface area contributed by atoms with Crippen molar-refractivity contribution in [2.45, 2.75) is 25.7 Å². The van der Waals surface area contributed by atoms with Crippen LogP contribution in [0.2, 0.25) is 0 Å². The van der Waals surface area contributed by atoms with Crippen molar-refractivity contribution in [1.29, 1.82) is 0 Å². The smallest absolute Gasteiger partial charge is 0.0656 e. The molecular formula is C11H19N3O. The second-order valence-electron chi connectivity index (χ2n) is 4.54. The molecule has 0 radical (unpaired) electrons. The van der Waals surface area contributed by atoms with Crippen molar-refractivity contribution < 1.29 is 5.11 Å². The van der Waals surface area contributed by atoms with Crippen LogP contribution in [0.25, 0.3) is 0 Å². The van der Waals surface area contributed by atoms with E-state index in [0.717, 1.165) is 18.5 Å². The van der Waals surface area contributed by atoms with Crippen molar-refractivity contribution in [3.8, 4) is 0 Å². The van der Waals surface area contributed by atoms with Gasteiger partial charge in [-0.2, -0.15) is 5.10 Å². The van der Waals surface area contributed by atoms with E-state index in [0.29, 0.717) is 12.5 Å². The summed E-state index contributed by atoms with van der Waals surface area (Å²) in [6.45, 7) is 2.86. The number of aromatic nitrogens is 2. The van der Waals surface area contributed by atoms with Crippen molar-refractivity contribution in [3.05, 3.63) is 17.5 Å². The van der Waals surface area contributed by atoms with Crippen molar-refractivity contribution in [3.63, 3.8) is 0 Å². The van der Waals surface area contributed by atoms with Gasteiger partial charge in [-0.15, -0.1) is 0 Å². The Morgan fingerprint density at radius 1 is 1.73 bits per heavy atom. The molecule has 2 atom stereocenters. The van der Waals surface area contributed by atoms with Gasteiger partial charge in [0.25, 0.3) is 0 Å². The molecule has 2 unspecified atom stereocenters. The summed E-state index contributed by atoms with van der Waals surface area (Å²) in [4.78, 5) is 0. The molecule has 0 aliphatic heterocycles. The minimum Gasteiger partial charge on any atom is -0.396 e. The topological polar surface area (TPSA) is 64.1 Å². The van der Waals surface area contributed by atoms with E-state index < -0.39 is 0 Å². The zero-order valence-electron chi connectivity index (χ0n) is 9.40. The van der Waals surface area contributed by atoms with Gasteiger partial charge in [0.05, 0.1) is 12.3 Å². The fourth-order valence-corrected chi connectivity index (χ4v) is 2.37. The molecule has 0 spiro atoms. The number of rotatable bonds is 4. The molecule has 0 saturated heterocycles. The van der Waals surface area contributed by atoms with Crippen molar-refractivity contribution in [2.75, 3.05) is 13.2 Å². The van der Waals surface area contributed by atoms with E-state index in [1.54, 1.807) is 0 Å². The van der Waals surface area contributed by atoms with Crippen LogP contribution in [-0.2, 0) is 13.5 Å². The van der Waals surface area contributed by atoms with Gasteiger partial charge in [-0.05, 0) is 24.3 Å². The van der Waals surface area contributed by atoms with Gasteiger partial charge in [0, 0.05) is 25.2 Å². The molecule has 1 aromatic rings. The molecule has 4 nitrogen and oxygen atoms in total. The molecule has 1 aliphatic rings. The molecule has 15 heavy (non-hydrogen) atoms. The Morgan fingerprint density at radius 3 is 2.93 bits per heavy atom. The average Bonchev–Trinajstić information content (AvgIpc) is 2.87. The maximum Gasteiger partial charge on any atom is 0.0656 e. The van der Waals surface area contributed by atoms with E-state index >= 15 is 0 Å². The molecule has 1 fully saturated rings. The molecular weight excluding hydrogens is 190 g/mol. The van der Waals surface area contributed by atoms with E-state index in [4.69, 9.17) is 5.73 Å². The van der Waals surface area contributed by atoms with Crippen molar-refractivity contribution in [2.24, 2.45) is 18.2 Å². The molecule has 1 aromatic heterocycles. The maximum atomic E-state index is 9.35. The first kappa shape index (κ1) is 10.6. The highest BCUT2D eigenvalue weighted by Gasteiger charge is 2.54. The lowest BCUT2D eigenvalue weighted by molar-refractivity contribution is 0.211. The molecule has 0 amide bonds. The molecule has 1 heterocycles. The predicted octanol–water partition coefficient (Wildman–Crippen LogP) is 0.407. The van der Waals surface area contributed by atoms with Crippen molar-refractivity contribution in [1.82, 2.24) is 9.78 Å². The Balaban J connectivity index is 2.25. The molecule has 3 N–H and O–H groups in total. The third-order valence-electron chi connectivity index (χ3n) is 3.56. The summed E-state index contributed by atoms with van der Waals surface area (Å²) in [5.41, 5.74) is 8.08. The van der Waals surface area contributed by atoms with Gasteiger partial charge in [-0.3, -0.25) is 4.68 Å². The fourth-order valence-electron chi connectivity index (χ4n) is 2.37. The Morgan fingerprint density at radius 2 is 2.47 bits per heavy atom. The zero-order valence-corrected chi connectivity index (χ0v) is 9.40. The third kappa shape index (κ3) is 1.58. The lowest BCUT2D eigenvalue weighted by Crippen LogP contribution is -2.21. The van der Waals surface area contributed by atoms with Crippen LogP contribution in [0.15, 0.2) is 6.20 Å². The zero-order chi connectivity index (χ0) is 11.1.